The van der Waals surface area contributed by atoms with Crippen LogP contribution in [0, 0.1) is 6.92 Å². The first kappa shape index (κ1) is 11.7. The van der Waals surface area contributed by atoms with Gasteiger partial charge in [0.15, 0.2) is 0 Å². The molecule has 1 amide bonds. The van der Waals surface area contributed by atoms with Crippen LogP contribution in [0.4, 0.5) is 0 Å². The molecule has 4 nitrogen and oxygen atoms in total. The van der Waals surface area contributed by atoms with E-state index in [0.717, 1.165) is 11.4 Å². The van der Waals surface area contributed by atoms with Crippen molar-refractivity contribution in [2.24, 2.45) is 5.73 Å². The minimum atomic E-state index is -0.421. The molecule has 0 spiro atoms. The maximum absolute atomic E-state index is 11.4. The Balaban J connectivity index is 2.47. The van der Waals surface area contributed by atoms with Gasteiger partial charge in [-0.25, -0.2) is 0 Å². The Kier molecular flexibility index (Phi) is 4.24. The highest BCUT2D eigenvalue weighted by Crippen LogP contribution is 1.97. The van der Waals surface area contributed by atoms with Crippen LogP contribution in [0.1, 0.15) is 24.7 Å². The van der Waals surface area contributed by atoms with Crippen LogP contribution in [0.2, 0.25) is 0 Å². The van der Waals surface area contributed by atoms with Crippen molar-refractivity contribution in [3.63, 3.8) is 0 Å². The van der Waals surface area contributed by atoms with Crippen molar-refractivity contribution >= 4 is 5.91 Å². The number of aryl methyl sites for hydroxylation is 1. The molecule has 0 saturated heterocycles. The van der Waals surface area contributed by atoms with Crippen LogP contribution in [-0.2, 0) is 11.3 Å². The highest BCUT2D eigenvalue weighted by Gasteiger charge is 2.09. The Morgan fingerprint density at radius 1 is 1.60 bits per heavy atom. The molecule has 0 aliphatic rings. The summed E-state index contributed by atoms with van der Waals surface area (Å²) in [7, 11) is 0. The van der Waals surface area contributed by atoms with E-state index in [4.69, 9.17) is 5.73 Å². The molecule has 0 aliphatic carbocycles. The largest absolute Gasteiger partial charge is 0.349 e. The molecular weight excluding hydrogens is 190 g/mol. The van der Waals surface area contributed by atoms with Gasteiger partial charge in [0, 0.05) is 5.69 Å². The second-order valence-corrected chi connectivity index (χ2v) is 3.50. The summed E-state index contributed by atoms with van der Waals surface area (Å²) in [5.41, 5.74) is 7.38. The van der Waals surface area contributed by atoms with Crippen LogP contribution in [0.3, 0.4) is 0 Å². The number of hydrogen-bond acceptors (Lipinski definition) is 3. The number of carbonyl (C=O) groups is 1. The third-order valence-electron chi connectivity index (χ3n) is 2.17. The lowest BCUT2D eigenvalue weighted by molar-refractivity contribution is -0.122. The summed E-state index contributed by atoms with van der Waals surface area (Å²) in [6.07, 6.45) is 0.646. The summed E-state index contributed by atoms with van der Waals surface area (Å²) >= 11 is 0. The topological polar surface area (TPSA) is 68.0 Å². The van der Waals surface area contributed by atoms with Gasteiger partial charge < -0.3 is 11.1 Å². The Labute approximate surface area is 89.9 Å². The van der Waals surface area contributed by atoms with Gasteiger partial charge in [0.25, 0.3) is 0 Å². The fourth-order valence-electron chi connectivity index (χ4n) is 1.19. The van der Waals surface area contributed by atoms with E-state index in [1.807, 2.05) is 32.0 Å². The second-order valence-electron chi connectivity index (χ2n) is 3.50. The van der Waals surface area contributed by atoms with E-state index in [9.17, 15) is 4.79 Å². The van der Waals surface area contributed by atoms with Crippen molar-refractivity contribution in [1.29, 1.82) is 0 Å². The van der Waals surface area contributed by atoms with Gasteiger partial charge in [-0.15, -0.1) is 0 Å². The monoisotopic (exact) mass is 207 g/mol. The zero-order valence-corrected chi connectivity index (χ0v) is 9.16. The standard InChI is InChI=1S/C11H17N3O/c1-3-10(12)11(15)13-7-9-6-4-5-8(2)14-9/h4-6,10H,3,7,12H2,1-2H3,(H,13,15)/t10-/m1/s1. The zero-order chi connectivity index (χ0) is 11.3. The third-order valence-corrected chi connectivity index (χ3v) is 2.17. The summed E-state index contributed by atoms with van der Waals surface area (Å²) in [6, 6.07) is 5.30. The molecule has 1 rings (SSSR count). The molecule has 1 aromatic rings. The number of rotatable bonds is 4. The van der Waals surface area contributed by atoms with E-state index in [2.05, 4.69) is 10.3 Å². The molecule has 0 aliphatic heterocycles. The molecule has 0 unspecified atom stereocenters. The Morgan fingerprint density at radius 2 is 2.33 bits per heavy atom. The molecule has 1 heterocycles. The lowest BCUT2D eigenvalue weighted by Crippen LogP contribution is -2.39. The number of aromatic nitrogens is 1. The van der Waals surface area contributed by atoms with Gasteiger partial charge in [0.05, 0.1) is 18.3 Å². The van der Waals surface area contributed by atoms with Crippen molar-refractivity contribution in [3.05, 3.63) is 29.6 Å². The average Bonchev–Trinajstić information content (AvgIpc) is 2.25. The minimum absolute atomic E-state index is 0.124. The molecule has 0 saturated carbocycles. The fourth-order valence-corrected chi connectivity index (χ4v) is 1.19. The normalized spacial score (nSPS) is 12.2. The van der Waals surface area contributed by atoms with Crippen LogP contribution >= 0.6 is 0 Å². The van der Waals surface area contributed by atoms with Gasteiger partial charge in [0.2, 0.25) is 5.91 Å². The average molecular weight is 207 g/mol. The van der Waals surface area contributed by atoms with Crippen LogP contribution in [0.25, 0.3) is 0 Å². The Hall–Kier alpha value is -1.42. The van der Waals surface area contributed by atoms with Gasteiger partial charge in [-0.05, 0) is 25.5 Å². The summed E-state index contributed by atoms with van der Waals surface area (Å²) < 4.78 is 0. The van der Waals surface area contributed by atoms with E-state index in [1.165, 1.54) is 0 Å². The maximum atomic E-state index is 11.4. The lowest BCUT2D eigenvalue weighted by Gasteiger charge is -2.09. The van der Waals surface area contributed by atoms with Crippen LogP contribution in [-0.4, -0.2) is 16.9 Å². The summed E-state index contributed by atoms with van der Waals surface area (Å²) in [5, 5.41) is 2.75. The molecule has 4 heteroatoms. The number of nitrogens with two attached hydrogens (primary N) is 1. The molecule has 3 N–H and O–H groups in total. The van der Waals surface area contributed by atoms with Crippen molar-refractivity contribution in [2.75, 3.05) is 0 Å². The van der Waals surface area contributed by atoms with E-state index >= 15 is 0 Å². The number of nitrogens with one attached hydrogen (secondary N) is 1. The number of amides is 1. The number of pyridine rings is 1. The second kappa shape index (κ2) is 5.46. The SMILES string of the molecule is CC[C@@H](N)C(=O)NCc1cccc(C)n1. The van der Waals surface area contributed by atoms with Gasteiger partial charge in [-0.2, -0.15) is 0 Å². The number of hydrogen-bond donors (Lipinski definition) is 2. The maximum Gasteiger partial charge on any atom is 0.237 e. The molecule has 0 radical (unpaired) electrons. The van der Waals surface area contributed by atoms with E-state index < -0.39 is 6.04 Å². The summed E-state index contributed by atoms with van der Waals surface area (Å²) in [4.78, 5) is 15.6. The molecule has 0 aromatic carbocycles. The predicted molar refractivity (Wildman–Crippen MR) is 59.1 cm³/mol. The van der Waals surface area contributed by atoms with Gasteiger partial charge in [0.1, 0.15) is 0 Å². The zero-order valence-electron chi connectivity index (χ0n) is 9.16. The quantitative estimate of drug-likeness (QED) is 0.765. The van der Waals surface area contributed by atoms with Gasteiger partial charge >= 0.3 is 0 Å². The molecule has 1 aromatic heterocycles. The van der Waals surface area contributed by atoms with Crippen molar-refractivity contribution in [3.8, 4) is 0 Å². The molecule has 0 fully saturated rings. The summed E-state index contributed by atoms with van der Waals surface area (Å²) in [5.74, 6) is -0.124. The first-order chi connectivity index (χ1) is 7.13. The molecular formula is C11H17N3O. The molecule has 15 heavy (non-hydrogen) atoms. The van der Waals surface area contributed by atoms with E-state index in [1.54, 1.807) is 0 Å². The van der Waals surface area contributed by atoms with Crippen LogP contribution in [0.5, 0.6) is 0 Å². The van der Waals surface area contributed by atoms with Crippen LogP contribution in [0.15, 0.2) is 18.2 Å². The first-order valence-electron chi connectivity index (χ1n) is 5.09. The number of nitrogens with zero attached hydrogens (tertiary/aromatic N) is 1. The molecule has 1 atom stereocenters. The van der Waals surface area contributed by atoms with Crippen LogP contribution < -0.4 is 11.1 Å². The van der Waals surface area contributed by atoms with Crippen molar-refractivity contribution in [2.45, 2.75) is 32.9 Å². The number of carbonyl (C=O) groups excluding carboxylic acids is 1. The van der Waals surface area contributed by atoms with Crippen molar-refractivity contribution < 1.29 is 4.79 Å². The Bertz CT molecular complexity index is 338. The Morgan fingerprint density at radius 3 is 2.93 bits per heavy atom. The molecule has 82 valence electrons. The highest BCUT2D eigenvalue weighted by atomic mass is 16.2. The van der Waals surface area contributed by atoms with Gasteiger partial charge in [-0.1, -0.05) is 13.0 Å². The first-order valence-corrected chi connectivity index (χ1v) is 5.09. The van der Waals surface area contributed by atoms with Crippen molar-refractivity contribution in [1.82, 2.24) is 10.3 Å². The van der Waals surface area contributed by atoms with E-state index in [-0.39, 0.29) is 5.91 Å². The lowest BCUT2D eigenvalue weighted by atomic mass is 10.2. The highest BCUT2D eigenvalue weighted by molar-refractivity contribution is 5.81. The smallest absolute Gasteiger partial charge is 0.237 e. The predicted octanol–water partition coefficient (Wildman–Crippen LogP) is 0.744. The van der Waals surface area contributed by atoms with E-state index in [0.29, 0.717) is 13.0 Å². The third kappa shape index (κ3) is 3.67. The van der Waals surface area contributed by atoms with Gasteiger partial charge in [-0.3, -0.25) is 9.78 Å². The summed E-state index contributed by atoms with van der Waals surface area (Å²) in [6.45, 7) is 4.24. The fraction of sp³-hybridized carbons (Fsp3) is 0.455. The minimum Gasteiger partial charge on any atom is -0.349 e. The molecule has 0 bridgehead atoms.